The molecule has 1 saturated heterocycles. The molecule has 3 heterocycles. The van der Waals surface area contributed by atoms with E-state index in [9.17, 15) is 9.18 Å². The summed E-state index contributed by atoms with van der Waals surface area (Å²) in [5, 5.41) is 5.71. The number of anilines is 1. The van der Waals surface area contributed by atoms with E-state index >= 15 is 0 Å². The van der Waals surface area contributed by atoms with Crippen molar-refractivity contribution in [2.24, 2.45) is 5.92 Å². The Morgan fingerprint density at radius 1 is 1.06 bits per heavy atom. The molecule has 1 aliphatic carbocycles. The molecule has 5 rings (SSSR count). The van der Waals surface area contributed by atoms with Gasteiger partial charge in [0, 0.05) is 38.5 Å². The van der Waals surface area contributed by atoms with E-state index in [0.717, 1.165) is 98.8 Å². The van der Waals surface area contributed by atoms with Gasteiger partial charge in [0.25, 0.3) is 0 Å². The first-order valence-corrected chi connectivity index (χ1v) is 12.6. The molecular weight excluding hydrogens is 431 g/mol. The van der Waals surface area contributed by atoms with Crippen LogP contribution in [0.2, 0.25) is 0 Å². The summed E-state index contributed by atoms with van der Waals surface area (Å²) in [7, 11) is 0. The van der Waals surface area contributed by atoms with E-state index in [2.05, 4.69) is 16.7 Å². The molecule has 1 saturated carbocycles. The quantitative estimate of drug-likeness (QED) is 0.539. The summed E-state index contributed by atoms with van der Waals surface area (Å²) >= 11 is 0. The highest BCUT2D eigenvalue weighted by Crippen LogP contribution is 2.31. The number of unbranched alkanes of at least 4 members (excludes halogenated alkanes) is 1. The Morgan fingerprint density at radius 2 is 1.85 bits per heavy atom. The van der Waals surface area contributed by atoms with Crippen molar-refractivity contribution in [3.05, 3.63) is 41.6 Å². The van der Waals surface area contributed by atoms with Crippen molar-refractivity contribution in [1.82, 2.24) is 24.6 Å². The molecule has 34 heavy (non-hydrogen) atoms. The smallest absolute Gasteiger partial charge is 0.225 e. The number of carbonyl (C=O) groups excluding carboxylic acids is 1. The van der Waals surface area contributed by atoms with E-state index in [1.165, 1.54) is 18.6 Å². The number of carbonyl (C=O) groups is 1. The summed E-state index contributed by atoms with van der Waals surface area (Å²) < 4.78 is 15.3. The van der Waals surface area contributed by atoms with Gasteiger partial charge in [-0.25, -0.2) is 19.0 Å². The Balaban J connectivity index is 1.51. The highest BCUT2D eigenvalue weighted by Gasteiger charge is 2.31. The molecule has 1 amide bonds. The summed E-state index contributed by atoms with van der Waals surface area (Å²) in [4.78, 5) is 27.1. The minimum atomic E-state index is -0.276. The van der Waals surface area contributed by atoms with Crippen LogP contribution in [-0.4, -0.2) is 56.7 Å². The number of fused-ring (bicyclic) bond motifs is 1. The second kappa shape index (κ2) is 9.68. The number of benzene rings is 1. The first-order chi connectivity index (χ1) is 16.5. The summed E-state index contributed by atoms with van der Waals surface area (Å²) in [6.45, 7) is 7.25. The van der Waals surface area contributed by atoms with Crippen molar-refractivity contribution in [3.63, 3.8) is 0 Å². The van der Waals surface area contributed by atoms with E-state index in [1.54, 1.807) is 16.8 Å². The minimum Gasteiger partial charge on any atom is -0.354 e. The van der Waals surface area contributed by atoms with E-state index < -0.39 is 0 Å². The minimum absolute atomic E-state index is 0.231. The monoisotopic (exact) mass is 464 g/mol. The molecule has 0 unspecified atom stereocenters. The number of aryl methyl sites for hydroxylation is 2. The Morgan fingerprint density at radius 3 is 2.56 bits per heavy atom. The van der Waals surface area contributed by atoms with Crippen molar-refractivity contribution >= 4 is 22.8 Å². The van der Waals surface area contributed by atoms with Crippen LogP contribution in [0.4, 0.5) is 10.2 Å². The molecular formula is C26H33FN6O. The number of nitrogens with zero attached hydrogens (tertiary/aromatic N) is 6. The molecule has 8 heteroatoms. The maximum atomic E-state index is 13.5. The summed E-state index contributed by atoms with van der Waals surface area (Å²) in [5.74, 6) is 1.99. The molecule has 0 N–H and O–H groups in total. The standard InChI is InChI=1S/C26H33FN6O/c1-3-4-9-22-28-24(31-14-6-15-32(17-16-31)26(34)19-7-5-8-19)23-18(2)30-33(25(23)29-22)21-12-10-20(27)11-13-21/h10-13,19H,3-9,14-17H2,1-2H3. The topological polar surface area (TPSA) is 67.2 Å². The van der Waals surface area contributed by atoms with Crippen molar-refractivity contribution in [3.8, 4) is 5.69 Å². The van der Waals surface area contributed by atoms with E-state index in [1.807, 2.05) is 6.92 Å². The van der Waals surface area contributed by atoms with Gasteiger partial charge >= 0.3 is 0 Å². The number of hydrogen-bond acceptors (Lipinski definition) is 5. The van der Waals surface area contributed by atoms with Gasteiger partial charge in [0.05, 0.1) is 16.8 Å². The van der Waals surface area contributed by atoms with Gasteiger partial charge < -0.3 is 9.80 Å². The highest BCUT2D eigenvalue weighted by atomic mass is 19.1. The van der Waals surface area contributed by atoms with Crippen LogP contribution in [0.3, 0.4) is 0 Å². The van der Waals surface area contributed by atoms with Gasteiger partial charge in [-0.2, -0.15) is 5.10 Å². The largest absolute Gasteiger partial charge is 0.354 e. The fourth-order valence-corrected chi connectivity index (χ4v) is 4.91. The van der Waals surface area contributed by atoms with Gasteiger partial charge in [-0.1, -0.05) is 19.8 Å². The van der Waals surface area contributed by atoms with Crippen LogP contribution in [0.1, 0.15) is 57.0 Å². The molecule has 3 aromatic rings. The lowest BCUT2D eigenvalue weighted by Crippen LogP contribution is -2.41. The van der Waals surface area contributed by atoms with E-state index in [4.69, 9.17) is 15.1 Å². The van der Waals surface area contributed by atoms with Crippen LogP contribution in [0.15, 0.2) is 24.3 Å². The van der Waals surface area contributed by atoms with Crippen LogP contribution < -0.4 is 4.90 Å². The molecule has 0 bridgehead atoms. The van der Waals surface area contributed by atoms with Gasteiger partial charge in [0.2, 0.25) is 5.91 Å². The number of hydrogen-bond donors (Lipinski definition) is 0. The molecule has 2 fully saturated rings. The lowest BCUT2D eigenvalue weighted by atomic mass is 9.84. The van der Waals surface area contributed by atoms with Gasteiger partial charge in [0.1, 0.15) is 17.5 Å². The second-order valence-corrected chi connectivity index (χ2v) is 9.53. The molecule has 2 aromatic heterocycles. The van der Waals surface area contributed by atoms with E-state index in [-0.39, 0.29) is 11.7 Å². The predicted molar refractivity (Wildman–Crippen MR) is 131 cm³/mol. The third-order valence-corrected chi connectivity index (χ3v) is 7.12. The van der Waals surface area contributed by atoms with Crippen LogP contribution in [-0.2, 0) is 11.2 Å². The predicted octanol–water partition coefficient (Wildman–Crippen LogP) is 4.44. The molecule has 2 aliphatic rings. The number of rotatable bonds is 6. The molecule has 0 atom stereocenters. The number of halogens is 1. The zero-order valence-corrected chi connectivity index (χ0v) is 20.1. The zero-order valence-electron chi connectivity index (χ0n) is 20.1. The third-order valence-electron chi connectivity index (χ3n) is 7.12. The second-order valence-electron chi connectivity index (χ2n) is 9.53. The SMILES string of the molecule is CCCCc1nc(N2CCCN(C(=O)C3CCC3)CC2)c2c(C)nn(-c3ccc(F)cc3)c2n1. The maximum Gasteiger partial charge on any atom is 0.225 e. The van der Waals surface area contributed by atoms with Gasteiger partial charge in [-0.05, 0) is 56.9 Å². The zero-order chi connectivity index (χ0) is 23.7. The van der Waals surface area contributed by atoms with Crippen LogP contribution in [0.5, 0.6) is 0 Å². The third kappa shape index (κ3) is 4.38. The Bertz CT molecular complexity index is 1170. The Kier molecular flexibility index (Phi) is 6.48. The Labute approximate surface area is 200 Å². The molecule has 180 valence electrons. The van der Waals surface area contributed by atoms with Gasteiger partial charge in [0.15, 0.2) is 5.65 Å². The summed E-state index contributed by atoms with van der Waals surface area (Å²) in [6.07, 6.45) is 7.04. The molecule has 1 aliphatic heterocycles. The van der Waals surface area contributed by atoms with E-state index in [0.29, 0.717) is 5.91 Å². The number of aromatic nitrogens is 4. The molecule has 0 spiro atoms. The number of amides is 1. The fourth-order valence-electron chi connectivity index (χ4n) is 4.91. The van der Waals surface area contributed by atoms with Crippen molar-refractivity contribution < 1.29 is 9.18 Å². The van der Waals surface area contributed by atoms with Crippen molar-refractivity contribution in [2.45, 2.75) is 58.8 Å². The lowest BCUT2D eigenvalue weighted by molar-refractivity contribution is -0.137. The normalized spacial score (nSPS) is 17.1. The summed E-state index contributed by atoms with van der Waals surface area (Å²) in [6, 6.07) is 6.34. The Hall–Kier alpha value is -3.03. The molecule has 7 nitrogen and oxygen atoms in total. The highest BCUT2D eigenvalue weighted by molar-refractivity contribution is 5.91. The molecule has 1 aromatic carbocycles. The fraction of sp³-hybridized carbons (Fsp3) is 0.538. The van der Waals surface area contributed by atoms with Crippen LogP contribution in [0.25, 0.3) is 16.7 Å². The lowest BCUT2D eigenvalue weighted by Gasteiger charge is -2.31. The average molecular weight is 465 g/mol. The van der Waals surface area contributed by atoms with Gasteiger partial charge in [-0.3, -0.25) is 4.79 Å². The van der Waals surface area contributed by atoms with Crippen molar-refractivity contribution in [2.75, 3.05) is 31.1 Å². The first-order valence-electron chi connectivity index (χ1n) is 12.6. The van der Waals surface area contributed by atoms with Crippen LogP contribution in [0, 0.1) is 18.7 Å². The summed E-state index contributed by atoms with van der Waals surface area (Å²) in [5.41, 5.74) is 2.38. The molecule has 0 radical (unpaired) electrons. The van der Waals surface area contributed by atoms with Gasteiger partial charge in [-0.15, -0.1) is 0 Å². The average Bonchev–Trinajstić information content (AvgIpc) is 2.97. The van der Waals surface area contributed by atoms with Crippen molar-refractivity contribution in [1.29, 1.82) is 0 Å². The van der Waals surface area contributed by atoms with Crippen LogP contribution >= 0.6 is 0 Å². The maximum absolute atomic E-state index is 13.5. The first kappa shape index (κ1) is 22.7.